The van der Waals surface area contributed by atoms with E-state index in [2.05, 4.69) is 15.1 Å². The van der Waals surface area contributed by atoms with Gasteiger partial charge in [0.1, 0.15) is 12.3 Å². The lowest BCUT2D eigenvalue weighted by Gasteiger charge is -2.36. The van der Waals surface area contributed by atoms with E-state index in [0.29, 0.717) is 31.1 Å². The van der Waals surface area contributed by atoms with Gasteiger partial charge in [-0.1, -0.05) is 6.07 Å². The minimum atomic E-state index is -0.0933. The molecule has 0 spiro atoms. The quantitative estimate of drug-likeness (QED) is 0.517. The van der Waals surface area contributed by atoms with E-state index in [1.54, 1.807) is 18.1 Å². The van der Waals surface area contributed by atoms with Crippen LogP contribution in [0.4, 0.5) is 5.82 Å². The number of piperazine rings is 1. The highest BCUT2D eigenvalue weighted by atomic mass is 32.1. The van der Waals surface area contributed by atoms with Crippen molar-refractivity contribution in [2.75, 3.05) is 44.7 Å². The monoisotopic (exact) mass is 479 g/mol. The van der Waals surface area contributed by atoms with Gasteiger partial charge in [0, 0.05) is 37.8 Å². The van der Waals surface area contributed by atoms with Gasteiger partial charge in [0.25, 0.3) is 5.91 Å². The molecule has 3 aromatic rings. The van der Waals surface area contributed by atoms with Gasteiger partial charge in [0.2, 0.25) is 5.91 Å². The molecule has 1 aromatic carbocycles. The molecule has 2 amide bonds. The van der Waals surface area contributed by atoms with Crippen molar-refractivity contribution in [3.05, 3.63) is 58.8 Å². The Morgan fingerprint density at radius 2 is 1.76 bits per heavy atom. The van der Waals surface area contributed by atoms with Gasteiger partial charge in [-0.15, -0.1) is 21.5 Å². The third kappa shape index (κ3) is 5.36. The third-order valence-electron chi connectivity index (χ3n) is 5.91. The number of amides is 2. The van der Waals surface area contributed by atoms with Crippen molar-refractivity contribution in [2.45, 2.75) is 19.9 Å². The summed E-state index contributed by atoms with van der Waals surface area (Å²) in [7, 11) is 1.64. The topological polar surface area (TPSA) is 78.9 Å². The molecule has 1 saturated heterocycles. The van der Waals surface area contributed by atoms with Gasteiger partial charge in [0.15, 0.2) is 5.82 Å². The Kier molecular flexibility index (Phi) is 7.42. The van der Waals surface area contributed by atoms with Crippen LogP contribution in [0.1, 0.15) is 23.5 Å². The number of carbonyl (C=O) groups excluding carboxylic acids is 2. The summed E-state index contributed by atoms with van der Waals surface area (Å²) in [5, 5.41) is 10.7. The highest BCUT2D eigenvalue weighted by molar-refractivity contribution is 7.12. The van der Waals surface area contributed by atoms with Gasteiger partial charge in [-0.2, -0.15) is 0 Å². The molecule has 9 heteroatoms. The zero-order valence-electron chi connectivity index (χ0n) is 19.7. The Balaban J connectivity index is 1.33. The number of anilines is 1. The number of methoxy groups -OCH3 is 1. The van der Waals surface area contributed by atoms with Gasteiger partial charge in [-0.05, 0) is 61.7 Å². The second-order valence-corrected chi connectivity index (χ2v) is 9.32. The molecule has 0 N–H and O–H groups in total. The minimum Gasteiger partial charge on any atom is -0.497 e. The van der Waals surface area contributed by atoms with Crippen LogP contribution >= 0.6 is 11.3 Å². The summed E-state index contributed by atoms with van der Waals surface area (Å²) >= 11 is 1.40. The molecule has 34 heavy (non-hydrogen) atoms. The van der Waals surface area contributed by atoms with Crippen molar-refractivity contribution in [2.24, 2.45) is 0 Å². The molecule has 0 bridgehead atoms. The summed E-state index contributed by atoms with van der Waals surface area (Å²) in [6.07, 6.45) is 0. The number of nitrogens with zero attached hydrogens (tertiary/aromatic N) is 5. The first-order valence-electron chi connectivity index (χ1n) is 11.3. The molecule has 0 unspecified atom stereocenters. The molecule has 1 aliphatic heterocycles. The molecule has 178 valence electrons. The first-order valence-corrected chi connectivity index (χ1v) is 12.2. The standard InChI is InChI=1S/C25H29N5O3S/c1-18(2)30(25(32)22-5-4-16-34-22)17-24(31)29-14-12-28(13-15-29)23-11-10-21(26-27-23)19-6-8-20(33-3)9-7-19/h4-11,16,18H,12-15,17H2,1-3H3. The molecule has 8 nitrogen and oxygen atoms in total. The second-order valence-electron chi connectivity index (χ2n) is 8.38. The fourth-order valence-corrected chi connectivity index (χ4v) is 4.55. The number of thiophene rings is 1. The smallest absolute Gasteiger partial charge is 0.264 e. The summed E-state index contributed by atoms with van der Waals surface area (Å²) in [6.45, 7) is 6.46. The van der Waals surface area contributed by atoms with Crippen molar-refractivity contribution in [1.29, 1.82) is 0 Å². The van der Waals surface area contributed by atoms with Crippen LogP contribution in [-0.2, 0) is 4.79 Å². The largest absolute Gasteiger partial charge is 0.497 e. The van der Waals surface area contributed by atoms with E-state index in [9.17, 15) is 9.59 Å². The lowest BCUT2D eigenvalue weighted by Crippen LogP contribution is -2.52. The van der Waals surface area contributed by atoms with Gasteiger partial charge in [-0.3, -0.25) is 9.59 Å². The Labute approximate surface area is 203 Å². The first kappa shape index (κ1) is 23.7. The maximum Gasteiger partial charge on any atom is 0.264 e. The van der Waals surface area contributed by atoms with E-state index in [4.69, 9.17) is 4.74 Å². The fraction of sp³-hybridized carbons (Fsp3) is 0.360. The van der Waals surface area contributed by atoms with Gasteiger partial charge in [-0.25, -0.2) is 0 Å². The SMILES string of the molecule is COc1ccc(-c2ccc(N3CCN(C(=O)CN(C(=O)c4cccs4)C(C)C)CC3)nn2)cc1. The van der Waals surface area contributed by atoms with Crippen LogP contribution in [0.15, 0.2) is 53.9 Å². The number of hydrogen-bond donors (Lipinski definition) is 0. The van der Waals surface area contributed by atoms with Crippen LogP contribution in [0.2, 0.25) is 0 Å². The number of rotatable bonds is 7. The first-order chi connectivity index (χ1) is 16.5. The molecular weight excluding hydrogens is 450 g/mol. The highest BCUT2D eigenvalue weighted by Crippen LogP contribution is 2.22. The molecule has 3 heterocycles. The van der Waals surface area contributed by atoms with Crippen LogP contribution in [-0.4, -0.2) is 77.7 Å². The molecule has 1 aliphatic rings. The van der Waals surface area contributed by atoms with Crippen molar-refractivity contribution >= 4 is 29.0 Å². The molecule has 1 fully saturated rings. The number of benzene rings is 1. The maximum atomic E-state index is 13.0. The maximum absolute atomic E-state index is 13.0. The summed E-state index contributed by atoms with van der Waals surface area (Å²) in [5.41, 5.74) is 1.77. The number of ether oxygens (including phenoxy) is 1. The van der Waals surface area contributed by atoms with Crippen molar-refractivity contribution in [3.63, 3.8) is 0 Å². The van der Waals surface area contributed by atoms with Gasteiger partial charge < -0.3 is 19.4 Å². The summed E-state index contributed by atoms with van der Waals surface area (Å²) in [5.74, 6) is 1.47. The van der Waals surface area contributed by atoms with Crippen molar-refractivity contribution < 1.29 is 14.3 Å². The highest BCUT2D eigenvalue weighted by Gasteiger charge is 2.27. The zero-order valence-corrected chi connectivity index (χ0v) is 20.5. The van der Waals surface area contributed by atoms with E-state index in [1.165, 1.54) is 11.3 Å². The summed E-state index contributed by atoms with van der Waals surface area (Å²) < 4.78 is 5.20. The van der Waals surface area contributed by atoms with Crippen LogP contribution in [0, 0.1) is 0 Å². The van der Waals surface area contributed by atoms with E-state index >= 15 is 0 Å². The van der Waals surface area contributed by atoms with Crippen LogP contribution in [0.3, 0.4) is 0 Å². The van der Waals surface area contributed by atoms with Crippen LogP contribution < -0.4 is 9.64 Å². The normalized spacial score (nSPS) is 13.8. The Bertz CT molecular complexity index is 1090. The summed E-state index contributed by atoms with van der Waals surface area (Å²) in [4.78, 5) is 32.0. The van der Waals surface area contributed by atoms with E-state index in [1.807, 2.05) is 66.6 Å². The lowest BCUT2D eigenvalue weighted by molar-refractivity contribution is -0.132. The number of hydrogen-bond acceptors (Lipinski definition) is 7. The van der Waals surface area contributed by atoms with Crippen LogP contribution in [0.5, 0.6) is 5.75 Å². The number of carbonyl (C=O) groups is 2. The zero-order chi connectivity index (χ0) is 24.1. The Hall–Kier alpha value is -3.46. The lowest BCUT2D eigenvalue weighted by atomic mass is 10.1. The Morgan fingerprint density at radius 1 is 1.03 bits per heavy atom. The fourth-order valence-electron chi connectivity index (χ4n) is 3.87. The Morgan fingerprint density at radius 3 is 2.32 bits per heavy atom. The van der Waals surface area contributed by atoms with Crippen molar-refractivity contribution in [1.82, 2.24) is 20.0 Å². The van der Waals surface area contributed by atoms with E-state index in [0.717, 1.165) is 22.8 Å². The predicted octanol–water partition coefficient (Wildman–Crippen LogP) is 3.41. The second kappa shape index (κ2) is 10.6. The molecule has 4 rings (SSSR count). The summed E-state index contributed by atoms with van der Waals surface area (Å²) in [6, 6.07) is 15.2. The average Bonchev–Trinajstić information content (AvgIpc) is 3.42. The molecule has 0 aliphatic carbocycles. The predicted molar refractivity (Wildman–Crippen MR) is 133 cm³/mol. The van der Waals surface area contributed by atoms with E-state index < -0.39 is 0 Å². The third-order valence-corrected chi connectivity index (χ3v) is 6.77. The minimum absolute atomic E-state index is 0.0285. The van der Waals surface area contributed by atoms with E-state index in [-0.39, 0.29) is 24.4 Å². The van der Waals surface area contributed by atoms with Gasteiger partial charge >= 0.3 is 0 Å². The molecule has 2 aromatic heterocycles. The molecular formula is C25H29N5O3S. The number of aromatic nitrogens is 2. The van der Waals surface area contributed by atoms with Crippen molar-refractivity contribution in [3.8, 4) is 17.0 Å². The van der Waals surface area contributed by atoms with Crippen LogP contribution in [0.25, 0.3) is 11.3 Å². The molecule has 0 atom stereocenters. The average molecular weight is 480 g/mol. The molecule has 0 radical (unpaired) electrons. The molecule has 0 saturated carbocycles. The van der Waals surface area contributed by atoms with Gasteiger partial charge in [0.05, 0.1) is 17.7 Å².